The van der Waals surface area contributed by atoms with Crippen molar-refractivity contribution in [2.45, 2.75) is 45.1 Å². The molecule has 0 spiro atoms. The average molecular weight is 376 g/mol. The second kappa shape index (κ2) is 10.8. The first-order chi connectivity index (χ1) is 13.0. The highest BCUT2D eigenvalue weighted by atomic mass is 16.5. The SMILES string of the molecule is CC(C)NC(=O)C(O)[C@@H]1C/C=C/COCCOCc2ccccc2C(=O)N1. The number of hydrogen-bond acceptors (Lipinski definition) is 5. The fourth-order valence-electron chi connectivity index (χ4n) is 2.70. The van der Waals surface area contributed by atoms with Gasteiger partial charge in [-0.1, -0.05) is 30.4 Å². The van der Waals surface area contributed by atoms with Crippen LogP contribution in [0.25, 0.3) is 0 Å². The lowest BCUT2D eigenvalue weighted by atomic mass is 10.0. The summed E-state index contributed by atoms with van der Waals surface area (Å²) in [5.74, 6) is -0.866. The Labute approximate surface area is 159 Å². The summed E-state index contributed by atoms with van der Waals surface area (Å²) < 4.78 is 11.0. The number of carbonyl (C=O) groups is 2. The van der Waals surface area contributed by atoms with Gasteiger partial charge in [-0.05, 0) is 31.9 Å². The van der Waals surface area contributed by atoms with Crippen molar-refractivity contribution >= 4 is 11.8 Å². The van der Waals surface area contributed by atoms with Crippen LogP contribution in [-0.4, -0.2) is 54.9 Å². The normalized spacial score (nSPS) is 21.5. The lowest BCUT2D eigenvalue weighted by Crippen LogP contribution is -2.51. The molecule has 0 aliphatic carbocycles. The number of hydrogen-bond donors (Lipinski definition) is 3. The van der Waals surface area contributed by atoms with Crippen LogP contribution in [0.15, 0.2) is 36.4 Å². The van der Waals surface area contributed by atoms with Gasteiger partial charge in [-0.25, -0.2) is 0 Å². The molecule has 1 aromatic carbocycles. The van der Waals surface area contributed by atoms with Crippen molar-refractivity contribution in [3.05, 3.63) is 47.5 Å². The van der Waals surface area contributed by atoms with Crippen molar-refractivity contribution in [2.24, 2.45) is 0 Å². The second-order valence-electron chi connectivity index (χ2n) is 6.68. The number of aliphatic hydroxyl groups excluding tert-OH is 1. The van der Waals surface area contributed by atoms with E-state index < -0.39 is 18.1 Å². The third-order valence-corrected chi connectivity index (χ3v) is 4.06. The lowest BCUT2D eigenvalue weighted by Gasteiger charge is -2.24. The van der Waals surface area contributed by atoms with E-state index in [0.717, 1.165) is 5.56 Å². The molecule has 2 atom stereocenters. The smallest absolute Gasteiger partial charge is 0.251 e. The van der Waals surface area contributed by atoms with Gasteiger partial charge in [0.15, 0.2) is 6.10 Å². The van der Waals surface area contributed by atoms with E-state index >= 15 is 0 Å². The molecule has 7 nitrogen and oxygen atoms in total. The summed E-state index contributed by atoms with van der Waals surface area (Å²) in [6, 6.07) is 6.25. The molecule has 0 aromatic heterocycles. The van der Waals surface area contributed by atoms with E-state index in [1.807, 2.05) is 26.0 Å². The summed E-state index contributed by atoms with van der Waals surface area (Å²) in [7, 11) is 0. The average Bonchev–Trinajstić information content (AvgIpc) is 2.64. The zero-order chi connectivity index (χ0) is 19.6. The molecule has 1 aromatic rings. The van der Waals surface area contributed by atoms with Crippen LogP contribution in [0.1, 0.15) is 36.2 Å². The Morgan fingerprint density at radius 3 is 2.74 bits per heavy atom. The maximum absolute atomic E-state index is 12.8. The van der Waals surface area contributed by atoms with E-state index in [1.165, 1.54) is 0 Å². The number of carbonyl (C=O) groups excluding carboxylic acids is 2. The Balaban J connectivity index is 2.21. The maximum atomic E-state index is 12.8. The number of aliphatic hydroxyl groups is 1. The molecule has 0 radical (unpaired) electrons. The molecule has 0 saturated heterocycles. The van der Waals surface area contributed by atoms with Crippen molar-refractivity contribution in [3.8, 4) is 0 Å². The van der Waals surface area contributed by atoms with E-state index in [0.29, 0.717) is 31.8 Å². The van der Waals surface area contributed by atoms with Gasteiger partial charge < -0.3 is 25.2 Å². The quantitative estimate of drug-likeness (QED) is 0.688. The van der Waals surface area contributed by atoms with Gasteiger partial charge in [-0.2, -0.15) is 0 Å². The van der Waals surface area contributed by atoms with Crippen LogP contribution in [-0.2, 0) is 20.9 Å². The molecule has 148 valence electrons. The number of nitrogens with one attached hydrogen (secondary N) is 2. The largest absolute Gasteiger partial charge is 0.381 e. The minimum atomic E-state index is -1.36. The summed E-state index contributed by atoms with van der Waals surface area (Å²) in [5, 5.41) is 15.9. The monoisotopic (exact) mass is 376 g/mol. The molecule has 27 heavy (non-hydrogen) atoms. The first kappa shape index (κ1) is 21.1. The van der Waals surface area contributed by atoms with Crippen molar-refractivity contribution in [3.63, 3.8) is 0 Å². The number of fused-ring (bicyclic) bond motifs is 1. The predicted octanol–water partition coefficient (Wildman–Crippen LogP) is 1.16. The summed E-state index contributed by atoms with van der Waals surface area (Å²) in [5.41, 5.74) is 1.20. The van der Waals surface area contributed by atoms with Crippen LogP contribution in [0.4, 0.5) is 0 Å². The van der Waals surface area contributed by atoms with Crippen LogP contribution in [0.3, 0.4) is 0 Å². The summed E-state index contributed by atoms with van der Waals surface area (Å²) >= 11 is 0. The summed E-state index contributed by atoms with van der Waals surface area (Å²) in [6.07, 6.45) is 2.53. The van der Waals surface area contributed by atoms with Gasteiger partial charge in [-0.15, -0.1) is 0 Å². The molecule has 2 amide bonds. The first-order valence-corrected chi connectivity index (χ1v) is 9.16. The van der Waals surface area contributed by atoms with Crippen LogP contribution < -0.4 is 10.6 Å². The van der Waals surface area contributed by atoms with E-state index in [9.17, 15) is 14.7 Å². The molecule has 1 heterocycles. The van der Waals surface area contributed by atoms with Crippen LogP contribution >= 0.6 is 0 Å². The molecule has 0 saturated carbocycles. The standard InChI is InChI=1S/C20H28N2O5/c1-14(2)21-20(25)18(23)17-9-5-6-10-26-11-12-27-13-15-7-3-4-8-16(15)19(24)22-17/h3-8,14,17-18,23H,9-13H2,1-2H3,(H,21,25)(H,22,24)/b6-5+/t17-,18?/m0/s1. The minimum Gasteiger partial charge on any atom is -0.381 e. The molecule has 3 N–H and O–H groups in total. The van der Waals surface area contributed by atoms with E-state index in [2.05, 4.69) is 10.6 Å². The molecule has 1 unspecified atom stereocenters. The molecule has 0 bridgehead atoms. The zero-order valence-corrected chi connectivity index (χ0v) is 15.8. The fraction of sp³-hybridized carbons (Fsp3) is 0.500. The van der Waals surface area contributed by atoms with Gasteiger partial charge in [-0.3, -0.25) is 9.59 Å². The van der Waals surface area contributed by atoms with Crippen LogP contribution in [0.2, 0.25) is 0 Å². The number of amides is 2. The topological polar surface area (TPSA) is 96.9 Å². The predicted molar refractivity (Wildman–Crippen MR) is 101 cm³/mol. The third kappa shape index (κ3) is 6.78. The summed E-state index contributed by atoms with van der Waals surface area (Å²) in [4.78, 5) is 25.0. The Bertz CT molecular complexity index is 660. The Kier molecular flexibility index (Phi) is 8.44. The third-order valence-electron chi connectivity index (χ3n) is 4.06. The van der Waals surface area contributed by atoms with E-state index in [4.69, 9.17) is 9.47 Å². The Hall–Kier alpha value is -2.22. The minimum absolute atomic E-state index is 0.108. The van der Waals surface area contributed by atoms with E-state index in [1.54, 1.807) is 24.3 Å². The molecule has 1 aliphatic heterocycles. The highest BCUT2D eigenvalue weighted by Crippen LogP contribution is 2.12. The first-order valence-electron chi connectivity index (χ1n) is 9.16. The lowest BCUT2D eigenvalue weighted by molar-refractivity contribution is -0.131. The van der Waals surface area contributed by atoms with E-state index in [-0.39, 0.29) is 18.6 Å². The number of benzene rings is 1. The second-order valence-corrected chi connectivity index (χ2v) is 6.68. The number of ether oxygens (including phenoxy) is 2. The van der Waals surface area contributed by atoms with Gasteiger partial charge in [0.25, 0.3) is 11.8 Å². The van der Waals surface area contributed by atoms with Gasteiger partial charge in [0.2, 0.25) is 0 Å². The molecular weight excluding hydrogens is 348 g/mol. The van der Waals surface area contributed by atoms with Crippen molar-refractivity contribution in [1.29, 1.82) is 0 Å². The van der Waals surface area contributed by atoms with Gasteiger partial charge in [0.1, 0.15) is 0 Å². The van der Waals surface area contributed by atoms with Crippen molar-refractivity contribution in [2.75, 3.05) is 19.8 Å². The Morgan fingerprint density at radius 1 is 1.22 bits per heavy atom. The van der Waals surface area contributed by atoms with Gasteiger partial charge in [0.05, 0.1) is 32.5 Å². The molecule has 2 rings (SSSR count). The van der Waals surface area contributed by atoms with Crippen LogP contribution in [0, 0.1) is 0 Å². The van der Waals surface area contributed by atoms with Gasteiger partial charge >= 0.3 is 0 Å². The highest BCUT2D eigenvalue weighted by Gasteiger charge is 2.28. The van der Waals surface area contributed by atoms with Gasteiger partial charge in [0, 0.05) is 11.6 Å². The summed E-state index contributed by atoms with van der Waals surface area (Å²) in [6.45, 7) is 5.18. The molecular formula is C20H28N2O5. The highest BCUT2D eigenvalue weighted by molar-refractivity contribution is 5.96. The number of rotatable bonds is 3. The Morgan fingerprint density at radius 2 is 1.96 bits per heavy atom. The van der Waals surface area contributed by atoms with Crippen molar-refractivity contribution in [1.82, 2.24) is 10.6 Å². The zero-order valence-electron chi connectivity index (χ0n) is 15.8. The maximum Gasteiger partial charge on any atom is 0.251 e. The molecule has 0 fully saturated rings. The van der Waals surface area contributed by atoms with Crippen molar-refractivity contribution < 1.29 is 24.2 Å². The molecule has 7 heteroatoms. The van der Waals surface area contributed by atoms with Crippen LogP contribution in [0.5, 0.6) is 0 Å². The fourth-order valence-corrected chi connectivity index (χ4v) is 2.70. The molecule has 1 aliphatic rings.